The molecule has 1 aromatic rings. The maximum atomic E-state index is 6.35. The molecule has 130 valence electrons. The van der Waals surface area contributed by atoms with Crippen molar-refractivity contribution in [1.82, 2.24) is 4.90 Å². The minimum absolute atomic E-state index is 0.393. The maximum absolute atomic E-state index is 6.35. The molecular weight excluding hydrogens is 308 g/mol. The van der Waals surface area contributed by atoms with E-state index in [1.54, 1.807) is 0 Å². The molecule has 1 aliphatic heterocycles. The minimum atomic E-state index is 0.393. The van der Waals surface area contributed by atoms with E-state index in [1.807, 2.05) is 19.1 Å². The predicted octanol–water partition coefficient (Wildman–Crippen LogP) is 4.15. The van der Waals surface area contributed by atoms with Gasteiger partial charge in [-0.05, 0) is 74.8 Å². The Labute approximate surface area is 146 Å². The number of piperidine rings is 1. The van der Waals surface area contributed by atoms with Crippen LogP contribution in [0.4, 0.5) is 0 Å². The topological polar surface area (TPSA) is 38.5 Å². The summed E-state index contributed by atoms with van der Waals surface area (Å²) in [6.07, 6.45) is 2.44. The largest absolute Gasteiger partial charge is 0.492 e. The molecule has 23 heavy (non-hydrogen) atoms. The van der Waals surface area contributed by atoms with Crippen LogP contribution in [0, 0.1) is 11.8 Å². The summed E-state index contributed by atoms with van der Waals surface area (Å²) in [5, 5.41) is 0.694. The zero-order valence-corrected chi connectivity index (χ0v) is 15.5. The van der Waals surface area contributed by atoms with Gasteiger partial charge >= 0.3 is 0 Å². The summed E-state index contributed by atoms with van der Waals surface area (Å²) in [5.41, 5.74) is 7.36. The zero-order chi connectivity index (χ0) is 16.8. The van der Waals surface area contributed by atoms with Gasteiger partial charge in [0.1, 0.15) is 5.75 Å². The fourth-order valence-corrected chi connectivity index (χ4v) is 3.92. The molecule has 3 nitrogen and oxygen atoms in total. The van der Waals surface area contributed by atoms with Crippen LogP contribution >= 0.6 is 11.6 Å². The van der Waals surface area contributed by atoms with Gasteiger partial charge in [0.05, 0.1) is 11.6 Å². The van der Waals surface area contributed by atoms with Crippen LogP contribution in [0.5, 0.6) is 5.75 Å². The Bertz CT molecular complexity index is 484. The number of nitrogens with two attached hydrogens (primary N) is 1. The van der Waals surface area contributed by atoms with Gasteiger partial charge < -0.3 is 15.4 Å². The lowest BCUT2D eigenvalue weighted by Gasteiger charge is -2.36. The molecule has 0 amide bonds. The highest BCUT2D eigenvalue weighted by molar-refractivity contribution is 6.32. The van der Waals surface area contributed by atoms with Crippen molar-refractivity contribution in [2.75, 3.05) is 32.8 Å². The van der Waals surface area contributed by atoms with Crippen LogP contribution < -0.4 is 10.5 Å². The highest BCUT2D eigenvalue weighted by Gasteiger charge is 2.27. The van der Waals surface area contributed by atoms with Crippen LogP contribution in [0.15, 0.2) is 18.2 Å². The number of hydrogen-bond donors (Lipinski definition) is 1. The number of rotatable bonds is 7. The molecule has 2 rings (SSSR count). The van der Waals surface area contributed by atoms with E-state index >= 15 is 0 Å². The molecule has 1 atom stereocenters. The van der Waals surface area contributed by atoms with E-state index in [1.165, 1.54) is 38.0 Å². The molecule has 1 saturated heterocycles. The fraction of sp³-hybridized carbons (Fsp3) is 0.684. The highest BCUT2D eigenvalue weighted by atomic mass is 35.5. The monoisotopic (exact) mass is 338 g/mol. The molecule has 0 saturated carbocycles. The fourth-order valence-electron chi connectivity index (χ4n) is 3.68. The molecule has 1 fully saturated rings. The van der Waals surface area contributed by atoms with E-state index in [2.05, 4.69) is 24.8 Å². The second-order valence-electron chi connectivity index (χ2n) is 7.00. The Balaban J connectivity index is 2.01. The summed E-state index contributed by atoms with van der Waals surface area (Å²) in [7, 11) is 0. The van der Waals surface area contributed by atoms with Crippen molar-refractivity contribution in [3.8, 4) is 5.75 Å². The van der Waals surface area contributed by atoms with Crippen LogP contribution in [0.3, 0.4) is 0 Å². The highest BCUT2D eigenvalue weighted by Crippen LogP contribution is 2.35. The molecule has 4 heteroatoms. The van der Waals surface area contributed by atoms with E-state index in [4.69, 9.17) is 22.1 Å². The number of likely N-dealkylation sites (tertiary alicyclic amines) is 1. The van der Waals surface area contributed by atoms with E-state index in [9.17, 15) is 0 Å². The third-order valence-corrected chi connectivity index (χ3v) is 5.06. The first-order chi connectivity index (χ1) is 11.0. The molecule has 1 aliphatic rings. The second-order valence-corrected chi connectivity index (χ2v) is 7.40. The van der Waals surface area contributed by atoms with Crippen LogP contribution in [0.1, 0.15) is 45.1 Å². The normalized spacial score (nSPS) is 18.3. The van der Waals surface area contributed by atoms with Crippen LogP contribution in [0.2, 0.25) is 5.02 Å². The molecule has 1 aromatic carbocycles. The number of benzene rings is 1. The van der Waals surface area contributed by atoms with Crippen LogP contribution in [0.25, 0.3) is 0 Å². The Hall–Kier alpha value is -0.770. The summed E-state index contributed by atoms with van der Waals surface area (Å²) < 4.78 is 5.53. The van der Waals surface area contributed by atoms with Crippen molar-refractivity contribution in [3.63, 3.8) is 0 Å². The lowest BCUT2D eigenvalue weighted by atomic mass is 9.80. The summed E-state index contributed by atoms with van der Waals surface area (Å²) >= 11 is 6.35. The van der Waals surface area contributed by atoms with E-state index in [-0.39, 0.29) is 0 Å². The first-order valence-electron chi connectivity index (χ1n) is 8.89. The first-order valence-corrected chi connectivity index (χ1v) is 9.27. The standard InChI is InChI=1S/C19H31ClN2O/c1-4-23-19-6-5-16(11-18(19)20)17(12-21)15-7-9-22(10-8-15)13-14(2)3/h5-6,11,14-15,17H,4,7-10,12-13,21H2,1-3H3. The Morgan fingerprint density at radius 2 is 2.00 bits per heavy atom. The second kappa shape index (κ2) is 8.91. The van der Waals surface area contributed by atoms with Crippen LogP contribution in [-0.4, -0.2) is 37.7 Å². The summed E-state index contributed by atoms with van der Waals surface area (Å²) in [4.78, 5) is 2.58. The average Bonchev–Trinajstić information content (AvgIpc) is 2.52. The Kier molecular flexibility index (Phi) is 7.19. The number of ether oxygens (including phenoxy) is 1. The first kappa shape index (κ1) is 18.6. The molecule has 2 N–H and O–H groups in total. The molecular formula is C19H31ClN2O. The molecule has 1 unspecified atom stereocenters. The number of nitrogens with zero attached hydrogens (tertiary/aromatic N) is 1. The maximum Gasteiger partial charge on any atom is 0.137 e. The summed E-state index contributed by atoms with van der Waals surface area (Å²) in [5.74, 6) is 2.55. The predicted molar refractivity (Wildman–Crippen MR) is 98.4 cm³/mol. The third kappa shape index (κ3) is 5.10. The Morgan fingerprint density at radius 3 is 2.52 bits per heavy atom. The number of hydrogen-bond acceptors (Lipinski definition) is 3. The van der Waals surface area contributed by atoms with Crippen molar-refractivity contribution in [2.45, 2.75) is 39.5 Å². The van der Waals surface area contributed by atoms with E-state index in [0.29, 0.717) is 30.0 Å². The van der Waals surface area contributed by atoms with Crippen molar-refractivity contribution >= 4 is 11.6 Å². The van der Waals surface area contributed by atoms with Gasteiger partial charge in [-0.25, -0.2) is 0 Å². The van der Waals surface area contributed by atoms with Gasteiger partial charge in [0.15, 0.2) is 0 Å². The van der Waals surface area contributed by atoms with Gasteiger partial charge in [0, 0.05) is 6.54 Å². The lowest BCUT2D eigenvalue weighted by molar-refractivity contribution is 0.155. The van der Waals surface area contributed by atoms with E-state index < -0.39 is 0 Å². The van der Waals surface area contributed by atoms with E-state index in [0.717, 1.165) is 11.7 Å². The molecule has 1 heterocycles. The smallest absolute Gasteiger partial charge is 0.137 e. The quantitative estimate of drug-likeness (QED) is 0.811. The Morgan fingerprint density at radius 1 is 1.30 bits per heavy atom. The van der Waals surface area contributed by atoms with Crippen molar-refractivity contribution in [3.05, 3.63) is 28.8 Å². The van der Waals surface area contributed by atoms with Gasteiger partial charge in [-0.15, -0.1) is 0 Å². The molecule has 0 bridgehead atoms. The van der Waals surface area contributed by atoms with Crippen LogP contribution in [-0.2, 0) is 0 Å². The third-order valence-electron chi connectivity index (χ3n) is 4.76. The lowest BCUT2D eigenvalue weighted by Crippen LogP contribution is -2.38. The summed E-state index contributed by atoms with van der Waals surface area (Å²) in [6, 6.07) is 6.16. The number of halogens is 1. The van der Waals surface area contributed by atoms with Gasteiger partial charge in [-0.1, -0.05) is 31.5 Å². The SMILES string of the molecule is CCOc1ccc(C(CN)C2CCN(CC(C)C)CC2)cc1Cl. The molecule has 0 aromatic heterocycles. The molecule has 0 spiro atoms. The van der Waals surface area contributed by atoms with Gasteiger partial charge in [-0.3, -0.25) is 0 Å². The van der Waals surface area contributed by atoms with Gasteiger partial charge in [0.2, 0.25) is 0 Å². The van der Waals surface area contributed by atoms with Crippen molar-refractivity contribution in [1.29, 1.82) is 0 Å². The zero-order valence-electron chi connectivity index (χ0n) is 14.7. The summed E-state index contributed by atoms with van der Waals surface area (Å²) in [6.45, 7) is 11.4. The minimum Gasteiger partial charge on any atom is -0.492 e. The molecule has 0 radical (unpaired) electrons. The molecule has 0 aliphatic carbocycles. The van der Waals surface area contributed by atoms with Crippen molar-refractivity contribution in [2.24, 2.45) is 17.6 Å². The van der Waals surface area contributed by atoms with Crippen molar-refractivity contribution < 1.29 is 4.74 Å². The average molecular weight is 339 g/mol. The van der Waals surface area contributed by atoms with Gasteiger partial charge in [-0.2, -0.15) is 0 Å². The van der Waals surface area contributed by atoms with Gasteiger partial charge in [0.25, 0.3) is 0 Å².